The number of amides is 2. The van der Waals surface area contributed by atoms with Gasteiger partial charge in [0.2, 0.25) is 0 Å². The van der Waals surface area contributed by atoms with Gasteiger partial charge in [0.25, 0.3) is 0 Å². The van der Waals surface area contributed by atoms with Crippen LogP contribution in [0, 0.1) is 6.92 Å². The standard InChI is InChI=1S/C12H19N2O7.K/c1-2-3-4-7(10(17)18)13-12(21)14-8(11(19)20)5-6-9(15)16;/h7-8H,1-6H2,(H,15,16)(H,17,18)(H,19,20)(H2,13,14,21);/q-1;+1/t7-,8-;/m0./s1. The molecular weight excluding hydrogens is 323 g/mol. The quantitative estimate of drug-likeness (QED) is 0.210. The van der Waals surface area contributed by atoms with Gasteiger partial charge in [-0.15, -0.1) is 0 Å². The first-order valence-corrected chi connectivity index (χ1v) is 6.31. The van der Waals surface area contributed by atoms with Gasteiger partial charge in [-0.3, -0.25) is 4.79 Å². The monoisotopic (exact) mass is 342 g/mol. The van der Waals surface area contributed by atoms with Gasteiger partial charge in [0.15, 0.2) is 0 Å². The number of carboxylic acids is 3. The van der Waals surface area contributed by atoms with Crippen LogP contribution in [0.1, 0.15) is 32.1 Å². The van der Waals surface area contributed by atoms with E-state index in [4.69, 9.17) is 15.3 Å². The Morgan fingerprint density at radius 2 is 1.36 bits per heavy atom. The second-order valence-corrected chi connectivity index (χ2v) is 4.33. The molecule has 120 valence electrons. The van der Waals surface area contributed by atoms with Crippen molar-refractivity contribution >= 4 is 23.9 Å². The number of urea groups is 1. The summed E-state index contributed by atoms with van der Waals surface area (Å²) in [5.41, 5.74) is 0. The third-order valence-corrected chi connectivity index (χ3v) is 2.60. The zero-order chi connectivity index (χ0) is 16.4. The summed E-state index contributed by atoms with van der Waals surface area (Å²) in [6, 6.07) is -3.52. The van der Waals surface area contributed by atoms with Crippen molar-refractivity contribution in [3.05, 3.63) is 6.92 Å². The van der Waals surface area contributed by atoms with E-state index in [1.165, 1.54) is 0 Å². The summed E-state index contributed by atoms with van der Waals surface area (Å²) in [7, 11) is 0. The van der Waals surface area contributed by atoms with Crippen molar-refractivity contribution in [1.29, 1.82) is 0 Å². The second kappa shape index (κ2) is 12.8. The summed E-state index contributed by atoms with van der Waals surface area (Å²) in [6.45, 7) is 3.55. The zero-order valence-electron chi connectivity index (χ0n) is 12.4. The zero-order valence-corrected chi connectivity index (χ0v) is 15.5. The molecule has 0 bridgehead atoms. The number of hydrogen-bond donors (Lipinski definition) is 5. The SMILES string of the molecule is [CH2-]CCC[C@H](NC(=O)N[C@@H](CCC(=O)O)C(=O)O)C(=O)O.[K+]. The van der Waals surface area contributed by atoms with E-state index in [0.29, 0.717) is 12.8 Å². The minimum absolute atomic E-state index is 0. The molecule has 0 aromatic heterocycles. The number of aliphatic carboxylic acids is 3. The van der Waals surface area contributed by atoms with Crippen molar-refractivity contribution in [3.63, 3.8) is 0 Å². The fourth-order valence-corrected chi connectivity index (χ4v) is 1.49. The Kier molecular flexibility index (Phi) is 13.7. The van der Waals surface area contributed by atoms with Crippen LogP contribution in [0.3, 0.4) is 0 Å². The first kappa shape index (κ1) is 23.6. The molecule has 9 nitrogen and oxygen atoms in total. The predicted octanol–water partition coefficient (Wildman–Crippen LogP) is -2.93. The van der Waals surface area contributed by atoms with Crippen LogP contribution in [0.5, 0.6) is 0 Å². The summed E-state index contributed by atoms with van der Waals surface area (Å²) in [5, 5.41) is 30.4. The normalized spacial score (nSPS) is 12.4. The third-order valence-electron chi connectivity index (χ3n) is 2.60. The first-order valence-electron chi connectivity index (χ1n) is 6.31. The second-order valence-electron chi connectivity index (χ2n) is 4.33. The van der Waals surface area contributed by atoms with Gasteiger partial charge in [-0.05, 0) is 12.8 Å². The van der Waals surface area contributed by atoms with Crippen molar-refractivity contribution < 1.29 is 85.9 Å². The minimum atomic E-state index is -1.40. The Morgan fingerprint density at radius 1 is 0.909 bits per heavy atom. The van der Waals surface area contributed by atoms with Gasteiger partial charge < -0.3 is 32.9 Å². The number of unbranched alkanes of at least 4 members (excludes halogenated alkanes) is 1. The number of carbonyl (C=O) groups is 4. The Balaban J connectivity index is 0. The molecule has 5 N–H and O–H groups in total. The van der Waals surface area contributed by atoms with E-state index in [0.717, 1.165) is 0 Å². The van der Waals surface area contributed by atoms with Gasteiger partial charge >= 0.3 is 75.3 Å². The maximum absolute atomic E-state index is 11.6. The van der Waals surface area contributed by atoms with Crippen LogP contribution >= 0.6 is 0 Å². The predicted molar refractivity (Wildman–Crippen MR) is 70.6 cm³/mol. The number of carbonyl (C=O) groups excluding carboxylic acids is 1. The molecule has 0 fully saturated rings. The summed E-state index contributed by atoms with van der Waals surface area (Å²) >= 11 is 0. The van der Waals surface area contributed by atoms with Crippen LogP contribution in [-0.4, -0.2) is 51.3 Å². The summed E-state index contributed by atoms with van der Waals surface area (Å²) < 4.78 is 0. The van der Waals surface area contributed by atoms with Gasteiger partial charge in [0.05, 0.1) is 0 Å². The molecule has 0 unspecified atom stereocenters. The Hall–Kier alpha value is -0.684. The van der Waals surface area contributed by atoms with Crippen LogP contribution < -0.4 is 62.0 Å². The number of carboxylic acid groups (broad SMARTS) is 3. The molecule has 0 aromatic carbocycles. The van der Waals surface area contributed by atoms with Crippen LogP contribution in [0.2, 0.25) is 0 Å². The Morgan fingerprint density at radius 3 is 1.73 bits per heavy atom. The fraction of sp³-hybridized carbons (Fsp3) is 0.583. The van der Waals surface area contributed by atoms with E-state index in [1.54, 1.807) is 0 Å². The molecule has 0 aliphatic rings. The van der Waals surface area contributed by atoms with E-state index in [2.05, 4.69) is 12.2 Å². The molecule has 2 amide bonds. The van der Waals surface area contributed by atoms with Crippen molar-refractivity contribution in [2.24, 2.45) is 0 Å². The molecule has 0 saturated carbocycles. The van der Waals surface area contributed by atoms with E-state index in [-0.39, 0.29) is 64.2 Å². The summed E-state index contributed by atoms with van der Waals surface area (Å²) in [4.78, 5) is 43.8. The Labute approximate surface area is 170 Å². The number of rotatable bonds is 10. The molecule has 2 atom stereocenters. The van der Waals surface area contributed by atoms with Gasteiger partial charge in [-0.1, -0.05) is 6.42 Å². The molecule has 0 radical (unpaired) electrons. The summed E-state index contributed by atoms with van der Waals surface area (Å²) in [6.07, 6.45) is 0.428. The molecular formula is C12H19KN2O7. The van der Waals surface area contributed by atoms with Crippen molar-refractivity contribution in [2.45, 2.75) is 44.2 Å². The van der Waals surface area contributed by atoms with E-state index < -0.39 is 42.4 Å². The topological polar surface area (TPSA) is 153 Å². The Bertz CT molecular complexity index is 403. The molecule has 0 aliphatic heterocycles. The van der Waals surface area contributed by atoms with Gasteiger partial charge in [0, 0.05) is 6.42 Å². The molecule has 0 heterocycles. The van der Waals surface area contributed by atoms with Crippen LogP contribution in [-0.2, 0) is 14.4 Å². The number of nitrogens with one attached hydrogen (secondary N) is 2. The van der Waals surface area contributed by atoms with Crippen molar-refractivity contribution in [3.8, 4) is 0 Å². The first-order chi connectivity index (χ1) is 9.77. The van der Waals surface area contributed by atoms with Crippen molar-refractivity contribution in [2.75, 3.05) is 0 Å². The van der Waals surface area contributed by atoms with Gasteiger partial charge in [-0.2, -0.15) is 6.42 Å². The van der Waals surface area contributed by atoms with Gasteiger partial charge in [-0.25, -0.2) is 14.4 Å². The molecule has 10 heteroatoms. The molecule has 0 spiro atoms. The van der Waals surface area contributed by atoms with E-state index in [1.807, 2.05) is 5.32 Å². The molecule has 0 saturated heterocycles. The fourth-order valence-electron chi connectivity index (χ4n) is 1.49. The molecule has 22 heavy (non-hydrogen) atoms. The molecule has 0 rings (SSSR count). The van der Waals surface area contributed by atoms with Crippen LogP contribution in [0.25, 0.3) is 0 Å². The maximum Gasteiger partial charge on any atom is 1.00 e. The maximum atomic E-state index is 11.6. The average Bonchev–Trinajstić information content (AvgIpc) is 2.38. The largest absolute Gasteiger partial charge is 1.00 e. The molecule has 0 aromatic rings. The average molecular weight is 342 g/mol. The summed E-state index contributed by atoms with van der Waals surface area (Å²) in [5.74, 6) is -3.82. The van der Waals surface area contributed by atoms with E-state index in [9.17, 15) is 19.2 Å². The minimum Gasteiger partial charge on any atom is -0.481 e. The van der Waals surface area contributed by atoms with Crippen LogP contribution in [0.15, 0.2) is 0 Å². The third kappa shape index (κ3) is 11.0. The smallest absolute Gasteiger partial charge is 0.481 e. The number of hydrogen-bond acceptors (Lipinski definition) is 4. The van der Waals surface area contributed by atoms with Gasteiger partial charge in [0.1, 0.15) is 12.1 Å². The van der Waals surface area contributed by atoms with E-state index >= 15 is 0 Å². The van der Waals surface area contributed by atoms with Crippen LogP contribution in [0.4, 0.5) is 4.79 Å². The van der Waals surface area contributed by atoms with Crippen molar-refractivity contribution in [1.82, 2.24) is 10.6 Å². The molecule has 0 aliphatic carbocycles.